The van der Waals surface area contributed by atoms with E-state index in [2.05, 4.69) is 21.2 Å². The number of hydrogen-bond donors (Lipinski definition) is 2. The van der Waals surface area contributed by atoms with Crippen LogP contribution in [0.3, 0.4) is 0 Å². The summed E-state index contributed by atoms with van der Waals surface area (Å²) < 4.78 is 13.6. The molecule has 1 rings (SSSR count). The molecule has 0 aliphatic carbocycles. The molecule has 0 saturated carbocycles. The summed E-state index contributed by atoms with van der Waals surface area (Å²) in [6.07, 6.45) is -0.659. The number of amides is 1. The molecular formula is C13H17BrFNO2. The molecule has 1 amide bonds. The maximum atomic E-state index is 13.0. The van der Waals surface area contributed by atoms with Crippen molar-refractivity contribution in [3.8, 4) is 0 Å². The Balaban J connectivity index is 2.69. The summed E-state index contributed by atoms with van der Waals surface area (Å²) in [4.78, 5) is 11.8. The Bertz CT molecular complexity index is 443. The van der Waals surface area contributed by atoms with Crippen LogP contribution in [-0.4, -0.2) is 23.7 Å². The van der Waals surface area contributed by atoms with E-state index in [0.29, 0.717) is 4.47 Å². The predicted molar refractivity (Wildman–Crippen MR) is 71.9 cm³/mol. The molecule has 0 aliphatic rings. The Morgan fingerprint density at radius 3 is 2.67 bits per heavy atom. The Labute approximate surface area is 115 Å². The molecule has 0 heterocycles. The van der Waals surface area contributed by atoms with Gasteiger partial charge in [-0.1, -0.05) is 20.8 Å². The van der Waals surface area contributed by atoms with E-state index in [9.17, 15) is 14.3 Å². The maximum Gasteiger partial charge on any atom is 0.252 e. The highest BCUT2D eigenvalue weighted by Gasteiger charge is 2.23. The van der Waals surface area contributed by atoms with E-state index in [1.54, 1.807) is 0 Å². The van der Waals surface area contributed by atoms with Crippen LogP contribution < -0.4 is 5.32 Å². The third-order valence-electron chi connectivity index (χ3n) is 2.63. The first-order chi connectivity index (χ1) is 8.21. The molecule has 2 N–H and O–H groups in total. The molecule has 5 heteroatoms. The van der Waals surface area contributed by atoms with Crippen molar-refractivity contribution in [2.45, 2.75) is 26.9 Å². The molecule has 0 aliphatic heterocycles. The Morgan fingerprint density at radius 1 is 1.50 bits per heavy atom. The lowest BCUT2D eigenvalue weighted by Crippen LogP contribution is -2.39. The first kappa shape index (κ1) is 15.1. The second-order valence-electron chi connectivity index (χ2n) is 5.22. The molecule has 0 bridgehead atoms. The molecule has 1 atom stereocenters. The molecular weight excluding hydrogens is 301 g/mol. The SMILES string of the molecule is CC(C)(C)C(O)CNC(=O)c1cc(F)ccc1Br. The summed E-state index contributed by atoms with van der Waals surface area (Å²) in [5.41, 5.74) is -0.0944. The van der Waals surface area contributed by atoms with Crippen molar-refractivity contribution in [3.63, 3.8) is 0 Å². The van der Waals surface area contributed by atoms with E-state index in [1.807, 2.05) is 20.8 Å². The van der Waals surface area contributed by atoms with Gasteiger partial charge >= 0.3 is 0 Å². The number of carbonyl (C=O) groups is 1. The van der Waals surface area contributed by atoms with Crippen molar-refractivity contribution in [2.24, 2.45) is 5.41 Å². The van der Waals surface area contributed by atoms with Gasteiger partial charge in [-0.05, 0) is 39.5 Å². The average Bonchev–Trinajstić information content (AvgIpc) is 2.27. The van der Waals surface area contributed by atoms with E-state index in [-0.39, 0.29) is 17.5 Å². The van der Waals surface area contributed by atoms with Gasteiger partial charge in [-0.15, -0.1) is 0 Å². The van der Waals surface area contributed by atoms with Crippen LogP contribution in [0.5, 0.6) is 0 Å². The maximum absolute atomic E-state index is 13.0. The van der Waals surface area contributed by atoms with Gasteiger partial charge in [-0.2, -0.15) is 0 Å². The van der Waals surface area contributed by atoms with Gasteiger partial charge in [-0.25, -0.2) is 4.39 Å². The van der Waals surface area contributed by atoms with Crippen LogP contribution in [0.15, 0.2) is 22.7 Å². The molecule has 0 spiro atoms. The molecule has 100 valence electrons. The molecule has 3 nitrogen and oxygen atoms in total. The average molecular weight is 318 g/mol. The second kappa shape index (κ2) is 5.80. The van der Waals surface area contributed by atoms with Crippen LogP contribution >= 0.6 is 15.9 Å². The fourth-order valence-electron chi connectivity index (χ4n) is 1.26. The zero-order valence-corrected chi connectivity index (χ0v) is 12.2. The number of aliphatic hydroxyl groups is 1. The number of halogens is 2. The van der Waals surface area contributed by atoms with Gasteiger partial charge < -0.3 is 10.4 Å². The van der Waals surface area contributed by atoms with E-state index in [1.165, 1.54) is 12.1 Å². The highest BCUT2D eigenvalue weighted by Crippen LogP contribution is 2.20. The topological polar surface area (TPSA) is 49.3 Å². The zero-order chi connectivity index (χ0) is 13.9. The highest BCUT2D eigenvalue weighted by atomic mass is 79.9. The summed E-state index contributed by atoms with van der Waals surface area (Å²) in [6, 6.07) is 3.90. The number of hydrogen-bond acceptors (Lipinski definition) is 2. The van der Waals surface area contributed by atoms with Gasteiger partial charge in [0.05, 0.1) is 11.7 Å². The summed E-state index contributed by atoms with van der Waals surface area (Å²) in [5.74, 6) is -0.885. The summed E-state index contributed by atoms with van der Waals surface area (Å²) in [6.45, 7) is 5.76. The molecule has 1 aromatic carbocycles. The van der Waals surface area contributed by atoms with Gasteiger partial charge in [0.1, 0.15) is 5.82 Å². The quantitative estimate of drug-likeness (QED) is 0.900. The van der Waals surface area contributed by atoms with Crippen LogP contribution in [0, 0.1) is 11.2 Å². The van der Waals surface area contributed by atoms with Crippen molar-refractivity contribution in [3.05, 3.63) is 34.1 Å². The molecule has 0 saturated heterocycles. The monoisotopic (exact) mass is 317 g/mol. The molecule has 0 radical (unpaired) electrons. The van der Waals surface area contributed by atoms with E-state index >= 15 is 0 Å². The third kappa shape index (κ3) is 4.07. The van der Waals surface area contributed by atoms with Crippen LogP contribution in [0.1, 0.15) is 31.1 Å². The van der Waals surface area contributed by atoms with Crippen LogP contribution in [-0.2, 0) is 0 Å². The third-order valence-corrected chi connectivity index (χ3v) is 3.32. The van der Waals surface area contributed by atoms with Crippen LogP contribution in [0.2, 0.25) is 0 Å². The Hall–Kier alpha value is -0.940. The van der Waals surface area contributed by atoms with Gasteiger partial charge in [0.2, 0.25) is 0 Å². The van der Waals surface area contributed by atoms with Crippen molar-refractivity contribution in [2.75, 3.05) is 6.54 Å². The Kier molecular flexibility index (Phi) is 4.87. The number of benzene rings is 1. The first-order valence-corrected chi connectivity index (χ1v) is 6.42. The van der Waals surface area contributed by atoms with Gasteiger partial charge in [-0.3, -0.25) is 4.79 Å². The van der Waals surface area contributed by atoms with Gasteiger partial charge in [0.25, 0.3) is 5.91 Å². The predicted octanol–water partition coefficient (Wildman–Crippen LogP) is 2.73. The van der Waals surface area contributed by atoms with Crippen molar-refractivity contribution < 1.29 is 14.3 Å². The largest absolute Gasteiger partial charge is 0.391 e. The lowest BCUT2D eigenvalue weighted by Gasteiger charge is -2.25. The Morgan fingerprint density at radius 2 is 2.11 bits per heavy atom. The number of carbonyl (C=O) groups excluding carboxylic acids is 1. The molecule has 1 aromatic rings. The first-order valence-electron chi connectivity index (χ1n) is 5.63. The fraction of sp³-hybridized carbons (Fsp3) is 0.462. The molecule has 1 unspecified atom stereocenters. The summed E-state index contributed by atoms with van der Waals surface area (Å²) in [7, 11) is 0. The minimum Gasteiger partial charge on any atom is -0.391 e. The second-order valence-corrected chi connectivity index (χ2v) is 6.07. The molecule has 18 heavy (non-hydrogen) atoms. The normalized spacial score (nSPS) is 13.2. The van der Waals surface area contributed by atoms with Crippen molar-refractivity contribution >= 4 is 21.8 Å². The van der Waals surface area contributed by atoms with Crippen LogP contribution in [0.25, 0.3) is 0 Å². The van der Waals surface area contributed by atoms with Crippen molar-refractivity contribution in [1.82, 2.24) is 5.32 Å². The minimum absolute atomic E-state index is 0.130. The summed E-state index contributed by atoms with van der Waals surface area (Å²) in [5, 5.41) is 12.4. The van der Waals surface area contributed by atoms with E-state index in [4.69, 9.17) is 0 Å². The number of rotatable bonds is 3. The lowest BCUT2D eigenvalue weighted by atomic mass is 9.89. The zero-order valence-electron chi connectivity index (χ0n) is 10.6. The van der Waals surface area contributed by atoms with E-state index < -0.39 is 17.8 Å². The van der Waals surface area contributed by atoms with Gasteiger partial charge in [0, 0.05) is 11.0 Å². The van der Waals surface area contributed by atoms with Gasteiger partial charge in [0.15, 0.2) is 0 Å². The van der Waals surface area contributed by atoms with Crippen molar-refractivity contribution in [1.29, 1.82) is 0 Å². The molecule has 0 fully saturated rings. The smallest absolute Gasteiger partial charge is 0.252 e. The fourth-order valence-corrected chi connectivity index (χ4v) is 1.69. The lowest BCUT2D eigenvalue weighted by molar-refractivity contribution is 0.0586. The number of aliphatic hydroxyl groups excluding tert-OH is 1. The number of nitrogens with one attached hydrogen (secondary N) is 1. The van der Waals surface area contributed by atoms with E-state index in [0.717, 1.165) is 6.07 Å². The minimum atomic E-state index is -0.659. The summed E-state index contributed by atoms with van der Waals surface area (Å²) >= 11 is 3.19. The molecule has 0 aromatic heterocycles. The standard InChI is InChI=1S/C13H17BrFNO2/c1-13(2,3)11(17)7-16-12(18)9-6-8(15)4-5-10(9)14/h4-6,11,17H,7H2,1-3H3,(H,16,18). The van der Waals surface area contributed by atoms with Crippen LogP contribution in [0.4, 0.5) is 4.39 Å². The highest BCUT2D eigenvalue weighted by molar-refractivity contribution is 9.10.